The van der Waals surface area contributed by atoms with Crippen molar-refractivity contribution in [1.82, 2.24) is 5.32 Å². The van der Waals surface area contributed by atoms with Gasteiger partial charge in [-0.3, -0.25) is 0 Å². The molecule has 2 nitrogen and oxygen atoms in total. The molecule has 0 heterocycles. The maximum Gasteiger partial charge on any atom is 0.0683 e. The second-order valence-corrected chi connectivity index (χ2v) is 6.09. The van der Waals surface area contributed by atoms with Crippen molar-refractivity contribution in [1.29, 1.82) is 5.26 Å². The second-order valence-electron chi connectivity index (χ2n) is 6.09. The van der Waals surface area contributed by atoms with Crippen LogP contribution in [-0.4, -0.2) is 13.1 Å². The zero-order chi connectivity index (χ0) is 13.1. The van der Waals surface area contributed by atoms with Crippen LogP contribution in [0.2, 0.25) is 0 Å². The van der Waals surface area contributed by atoms with E-state index < -0.39 is 0 Å². The highest BCUT2D eigenvalue weighted by atomic mass is 14.8. The highest BCUT2D eigenvalue weighted by Gasteiger charge is 2.14. The van der Waals surface area contributed by atoms with E-state index in [4.69, 9.17) is 5.26 Å². The van der Waals surface area contributed by atoms with Crippen molar-refractivity contribution in [2.24, 2.45) is 11.3 Å². The Morgan fingerprint density at radius 2 is 1.65 bits per heavy atom. The molecule has 0 bridgehead atoms. The highest BCUT2D eigenvalue weighted by Crippen LogP contribution is 2.21. The summed E-state index contributed by atoms with van der Waals surface area (Å²) in [5.41, 5.74) is -0.142. The highest BCUT2D eigenvalue weighted by molar-refractivity contribution is 4.91. The smallest absolute Gasteiger partial charge is 0.0683 e. The number of hydrogen-bond donors (Lipinski definition) is 1. The van der Waals surface area contributed by atoms with E-state index in [-0.39, 0.29) is 5.41 Å². The van der Waals surface area contributed by atoms with Crippen molar-refractivity contribution in [2.45, 2.75) is 66.2 Å². The van der Waals surface area contributed by atoms with Crippen LogP contribution in [0.5, 0.6) is 0 Å². The molecule has 0 saturated carbocycles. The minimum absolute atomic E-state index is 0.142. The quantitative estimate of drug-likeness (QED) is 0.581. The topological polar surface area (TPSA) is 35.8 Å². The van der Waals surface area contributed by atoms with E-state index in [1.165, 1.54) is 25.7 Å². The molecule has 17 heavy (non-hydrogen) atoms. The van der Waals surface area contributed by atoms with E-state index in [2.05, 4.69) is 25.2 Å². The Labute approximate surface area is 108 Å². The third-order valence-electron chi connectivity index (χ3n) is 3.09. The van der Waals surface area contributed by atoms with Crippen molar-refractivity contribution in [3.8, 4) is 6.07 Å². The molecule has 2 heteroatoms. The first-order chi connectivity index (χ1) is 7.98. The van der Waals surface area contributed by atoms with Gasteiger partial charge in [0.1, 0.15) is 0 Å². The Balaban J connectivity index is 3.17. The average Bonchev–Trinajstić information content (AvgIpc) is 2.26. The summed E-state index contributed by atoms with van der Waals surface area (Å²) in [5.74, 6) is 0.836. The lowest BCUT2D eigenvalue weighted by Gasteiger charge is -2.14. The van der Waals surface area contributed by atoms with E-state index in [0.29, 0.717) is 0 Å². The molecule has 0 aliphatic heterocycles. The first kappa shape index (κ1) is 16.4. The fourth-order valence-corrected chi connectivity index (χ4v) is 1.80. The zero-order valence-electron chi connectivity index (χ0n) is 12.2. The van der Waals surface area contributed by atoms with Gasteiger partial charge in [0.05, 0.1) is 11.5 Å². The summed E-state index contributed by atoms with van der Waals surface area (Å²) >= 11 is 0. The summed E-state index contributed by atoms with van der Waals surface area (Å²) < 4.78 is 0. The molecule has 0 aromatic heterocycles. The molecule has 0 amide bonds. The molecule has 0 spiro atoms. The van der Waals surface area contributed by atoms with E-state index in [0.717, 1.165) is 31.8 Å². The van der Waals surface area contributed by atoms with Gasteiger partial charge in [-0.15, -0.1) is 0 Å². The Hall–Kier alpha value is -0.550. The SMILES string of the molecule is CC(C)CCCCNCCCCC(C)(C)C#N. The molecule has 0 atom stereocenters. The van der Waals surface area contributed by atoms with Crippen LogP contribution in [0.1, 0.15) is 66.2 Å². The van der Waals surface area contributed by atoms with E-state index in [1.54, 1.807) is 0 Å². The monoisotopic (exact) mass is 238 g/mol. The average molecular weight is 238 g/mol. The van der Waals surface area contributed by atoms with Crippen LogP contribution in [0.25, 0.3) is 0 Å². The predicted molar refractivity (Wildman–Crippen MR) is 74.8 cm³/mol. The van der Waals surface area contributed by atoms with Crippen molar-refractivity contribution < 1.29 is 0 Å². The molecule has 0 saturated heterocycles. The lowest BCUT2D eigenvalue weighted by atomic mass is 9.89. The van der Waals surface area contributed by atoms with Crippen molar-refractivity contribution in [3.05, 3.63) is 0 Å². The van der Waals surface area contributed by atoms with Gasteiger partial charge in [0.2, 0.25) is 0 Å². The maximum absolute atomic E-state index is 8.87. The standard InChI is InChI=1S/C15H30N2/c1-14(2)9-5-7-11-17-12-8-6-10-15(3,4)13-16/h14,17H,5-12H2,1-4H3. The number of nitriles is 1. The van der Waals surface area contributed by atoms with Gasteiger partial charge in [-0.2, -0.15) is 5.26 Å². The fourth-order valence-electron chi connectivity index (χ4n) is 1.80. The molecule has 0 fully saturated rings. The van der Waals surface area contributed by atoms with Gasteiger partial charge in [0.15, 0.2) is 0 Å². The van der Waals surface area contributed by atoms with Crippen molar-refractivity contribution in [2.75, 3.05) is 13.1 Å². The molecular weight excluding hydrogens is 208 g/mol. The summed E-state index contributed by atoms with van der Waals surface area (Å²) in [7, 11) is 0. The predicted octanol–water partition coefficient (Wildman–Crippen LogP) is 4.12. The van der Waals surface area contributed by atoms with Crippen LogP contribution >= 0.6 is 0 Å². The van der Waals surface area contributed by atoms with E-state index >= 15 is 0 Å². The normalized spacial score (nSPS) is 11.8. The third-order valence-corrected chi connectivity index (χ3v) is 3.09. The van der Waals surface area contributed by atoms with Crippen LogP contribution in [0.4, 0.5) is 0 Å². The van der Waals surface area contributed by atoms with Gasteiger partial charge in [-0.25, -0.2) is 0 Å². The lowest BCUT2D eigenvalue weighted by Crippen LogP contribution is -2.17. The summed E-state index contributed by atoms with van der Waals surface area (Å²) in [6.07, 6.45) is 7.33. The van der Waals surface area contributed by atoms with Crippen LogP contribution in [-0.2, 0) is 0 Å². The van der Waals surface area contributed by atoms with Crippen molar-refractivity contribution >= 4 is 0 Å². The van der Waals surface area contributed by atoms with Gasteiger partial charge >= 0.3 is 0 Å². The number of nitrogens with one attached hydrogen (secondary N) is 1. The van der Waals surface area contributed by atoms with Gasteiger partial charge < -0.3 is 5.32 Å². The molecule has 100 valence electrons. The summed E-state index contributed by atoms with van der Waals surface area (Å²) in [5, 5.41) is 12.4. The molecule has 0 radical (unpaired) electrons. The maximum atomic E-state index is 8.87. The molecular formula is C15H30N2. The van der Waals surface area contributed by atoms with Crippen LogP contribution < -0.4 is 5.32 Å². The Morgan fingerprint density at radius 3 is 2.18 bits per heavy atom. The molecule has 1 N–H and O–H groups in total. The number of rotatable bonds is 10. The van der Waals surface area contributed by atoms with Crippen LogP contribution in [0, 0.1) is 22.7 Å². The molecule has 0 unspecified atom stereocenters. The van der Waals surface area contributed by atoms with Gasteiger partial charge in [-0.1, -0.05) is 33.1 Å². The molecule has 0 aromatic carbocycles. The first-order valence-corrected chi connectivity index (χ1v) is 7.10. The molecule has 0 aromatic rings. The number of unbranched alkanes of at least 4 members (excludes halogenated alkanes) is 2. The first-order valence-electron chi connectivity index (χ1n) is 7.10. The minimum Gasteiger partial charge on any atom is -0.317 e. The fraction of sp³-hybridized carbons (Fsp3) is 0.933. The molecule has 0 aliphatic carbocycles. The second kappa shape index (κ2) is 9.48. The number of hydrogen-bond acceptors (Lipinski definition) is 2. The Kier molecular flexibility index (Phi) is 9.17. The Bertz CT molecular complexity index is 213. The Morgan fingerprint density at radius 1 is 1.06 bits per heavy atom. The molecule has 0 rings (SSSR count). The minimum atomic E-state index is -0.142. The summed E-state index contributed by atoms with van der Waals surface area (Å²) in [6, 6.07) is 2.35. The van der Waals surface area contributed by atoms with Crippen molar-refractivity contribution in [3.63, 3.8) is 0 Å². The summed E-state index contributed by atoms with van der Waals surface area (Å²) in [6.45, 7) is 10.9. The van der Waals surface area contributed by atoms with Gasteiger partial charge in [0.25, 0.3) is 0 Å². The summed E-state index contributed by atoms with van der Waals surface area (Å²) in [4.78, 5) is 0. The zero-order valence-corrected chi connectivity index (χ0v) is 12.2. The van der Waals surface area contributed by atoms with E-state index in [1.807, 2.05) is 13.8 Å². The van der Waals surface area contributed by atoms with Gasteiger partial charge in [-0.05, 0) is 52.1 Å². The third kappa shape index (κ3) is 11.7. The van der Waals surface area contributed by atoms with Crippen LogP contribution in [0.3, 0.4) is 0 Å². The number of nitrogens with zero attached hydrogens (tertiary/aromatic N) is 1. The lowest BCUT2D eigenvalue weighted by molar-refractivity contribution is 0.421. The van der Waals surface area contributed by atoms with E-state index in [9.17, 15) is 0 Å². The van der Waals surface area contributed by atoms with Gasteiger partial charge in [0, 0.05) is 0 Å². The van der Waals surface area contributed by atoms with Crippen LogP contribution in [0.15, 0.2) is 0 Å². The molecule has 0 aliphatic rings. The largest absolute Gasteiger partial charge is 0.317 e.